The Bertz CT molecular complexity index is 556. The van der Waals surface area contributed by atoms with Crippen LogP contribution in [0.5, 0.6) is 5.75 Å². The lowest BCUT2D eigenvalue weighted by Crippen LogP contribution is -2.34. The van der Waals surface area contributed by atoms with Crippen LogP contribution in [0.25, 0.3) is 0 Å². The first-order valence-corrected chi connectivity index (χ1v) is 8.28. The first-order chi connectivity index (χ1) is 9.41. The van der Waals surface area contributed by atoms with Gasteiger partial charge in [-0.3, -0.25) is 0 Å². The number of nitrogens with zero attached hydrogens (tertiary/aromatic N) is 1. The molecule has 0 spiro atoms. The van der Waals surface area contributed by atoms with Crippen LogP contribution in [0.4, 0.5) is 0 Å². The maximum absolute atomic E-state index is 12.6. The predicted molar refractivity (Wildman–Crippen MR) is 78.1 cm³/mol. The van der Waals surface area contributed by atoms with Crippen molar-refractivity contribution >= 4 is 10.0 Å². The minimum Gasteiger partial charge on any atom is -0.494 e. The van der Waals surface area contributed by atoms with Gasteiger partial charge in [0, 0.05) is 13.1 Å². The van der Waals surface area contributed by atoms with Crippen LogP contribution < -0.4 is 10.5 Å². The van der Waals surface area contributed by atoms with Crippen molar-refractivity contribution in [2.45, 2.75) is 25.2 Å². The second kappa shape index (κ2) is 5.71. The number of benzene rings is 1. The summed E-state index contributed by atoms with van der Waals surface area (Å²) in [6, 6.07) is 6.57. The molecule has 1 atom stereocenters. The van der Waals surface area contributed by atoms with Crippen LogP contribution >= 0.6 is 0 Å². The summed E-state index contributed by atoms with van der Waals surface area (Å²) in [5, 5.41) is 0. The molecular weight excluding hydrogens is 276 g/mol. The van der Waals surface area contributed by atoms with Gasteiger partial charge in [-0.05, 0) is 49.6 Å². The fourth-order valence-electron chi connectivity index (χ4n) is 2.37. The largest absolute Gasteiger partial charge is 0.494 e. The summed E-state index contributed by atoms with van der Waals surface area (Å²) in [4.78, 5) is 0.308. The van der Waals surface area contributed by atoms with Crippen molar-refractivity contribution in [3.63, 3.8) is 0 Å². The Balaban J connectivity index is 2.19. The molecule has 6 heteroatoms. The molecular formula is C14H22N2O3S. The first kappa shape index (κ1) is 15.3. The van der Waals surface area contributed by atoms with Crippen molar-refractivity contribution in [3.05, 3.63) is 24.3 Å². The molecule has 112 valence electrons. The smallest absolute Gasteiger partial charge is 0.243 e. The van der Waals surface area contributed by atoms with Gasteiger partial charge in [-0.2, -0.15) is 4.31 Å². The van der Waals surface area contributed by atoms with E-state index in [1.807, 2.05) is 13.8 Å². The van der Waals surface area contributed by atoms with Crippen LogP contribution in [0, 0.1) is 5.41 Å². The summed E-state index contributed by atoms with van der Waals surface area (Å²) in [6.07, 6.45) is 0.805. The van der Waals surface area contributed by atoms with Crippen molar-refractivity contribution in [3.8, 4) is 5.75 Å². The number of hydrogen-bond acceptors (Lipinski definition) is 4. The fourth-order valence-corrected chi connectivity index (χ4v) is 3.97. The van der Waals surface area contributed by atoms with Crippen molar-refractivity contribution < 1.29 is 13.2 Å². The average molecular weight is 298 g/mol. The van der Waals surface area contributed by atoms with Crippen LogP contribution in [0.15, 0.2) is 29.2 Å². The molecule has 0 bridgehead atoms. The van der Waals surface area contributed by atoms with E-state index in [2.05, 4.69) is 0 Å². The van der Waals surface area contributed by atoms with Crippen LogP contribution in [0.3, 0.4) is 0 Å². The quantitative estimate of drug-likeness (QED) is 0.893. The van der Waals surface area contributed by atoms with Gasteiger partial charge in [0.2, 0.25) is 10.0 Å². The number of sulfonamides is 1. The molecule has 1 fully saturated rings. The van der Waals surface area contributed by atoms with Gasteiger partial charge < -0.3 is 10.5 Å². The normalized spacial score (nSPS) is 23.9. The van der Waals surface area contributed by atoms with Crippen LogP contribution in [0.1, 0.15) is 20.3 Å². The zero-order chi connectivity index (χ0) is 14.8. The van der Waals surface area contributed by atoms with Gasteiger partial charge in [0.05, 0.1) is 11.5 Å². The number of hydrogen-bond donors (Lipinski definition) is 1. The molecule has 1 aliphatic heterocycles. The first-order valence-electron chi connectivity index (χ1n) is 6.84. The van der Waals surface area contributed by atoms with E-state index in [0.29, 0.717) is 36.9 Å². The minimum atomic E-state index is -3.43. The third-order valence-corrected chi connectivity index (χ3v) is 5.65. The third-order valence-electron chi connectivity index (χ3n) is 3.79. The van der Waals surface area contributed by atoms with E-state index in [4.69, 9.17) is 10.5 Å². The fraction of sp³-hybridized carbons (Fsp3) is 0.571. The maximum atomic E-state index is 12.6. The highest BCUT2D eigenvalue weighted by molar-refractivity contribution is 7.89. The Labute approximate surface area is 120 Å². The van der Waals surface area contributed by atoms with E-state index in [0.717, 1.165) is 6.42 Å². The standard InChI is InChI=1S/C14H22N2O3S/c1-3-19-12-4-6-13(7-5-12)20(17,18)16-9-8-14(2,10-15)11-16/h4-7H,3,8-11,15H2,1-2H3. The van der Waals surface area contributed by atoms with E-state index in [-0.39, 0.29) is 5.41 Å². The van der Waals surface area contributed by atoms with Gasteiger partial charge in [-0.25, -0.2) is 8.42 Å². The highest BCUT2D eigenvalue weighted by Crippen LogP contribution is 2.32. The second-order valence-electron chi connectivity index (χ2n) is 5.51. The van der Waals surface area contributed by atoms with Crippen molar-refractivity contribution in [2.75, 3.05) is 26.2 Å². The van der Waals surface area contributed by atoms with E-state index in [1.54, 1.807) is 24.3 Å². The summed E-state index contributed by atoms with van der Waals surface area (Å²) >= 11 is 0. The molecule has 1 saturated heterocycles. The van der Waals surface area contributed by atoms with Gasteiger partial charge >= 0.3 is 0 Å². The van der Waals surface area contributed by atoms with Crippen LogP contribution in [-0.4, -0.2) is 39.0 Å². The molecule has 2 N–H and O–H groups in total. The topological polar surface area (TPSA) is 72.6 Å². The molecule has 1 aromatic rings. The Morgan fingerprint density at radius 3 is 2.50 bits per heavy atom. The average Bonchev–Trinajstić information content (AvgIpc) is 2.84. The van der Waals surface area contributed by atoms with Gasteiger partial charge in [0.15, 0.2) is 0 Å². The maximum Gasteiger partial charge on any atom is 0.243 e. The molecule has 1 aromatic carbocycles. The number of ether oxygens (including phenoxy) is 1. The van der Waals surface area contributed by atoms with Gasteiger partial charge in [0.25, 0.3) is 0 Å². The Morgan fingerprint density at radius 2 is 2.00 bits per heavy atom. The van der Waals surface area contributed by atoms with E-state index < -0.39 is 10.0 Å². The third kappa shape index (κ3) is 2.97. The van der Waals surface area contributed by atoms with E-state index >= 15 is 0 Å². The number of rotatable bonds is 5. The Kier molecular flexibility index (Phi) is 4.36. The molecule has 0 aliphatic carbocycles. The summed E-state index contributed by atoms with van der Waals surface area (Å²) in [5.74, 6) is 0.680. The van der Waals surface area contributed by atoms with E-state index in [1.165, 1.54) is 4.31 Å². The van der Waals surface area contributed by atoms with Gasteiger partial charge in [-0.15, -0.1) is 0 Å². The molecule has 5 nitrogen and oxygen atoms in total. The van der Waals surface area contributed by atoms with Crippen molar-refractivity contribution in [1.29, 1.82) is 0 Å². The second-order valence-corrected chi connectivity index (χ2v) is 7.45. The minimum absolute atomic E-state index is 0.113. The zero-order valence-electron chi connectivity index (χ0n) is 12.0. The molecule has 1 aliphatic rings. The lowest BCUT2D eigenvalue weighted by molar-refractivity contribution is 0.340. The predicted octanol–water partition coefficient (Wildman–Crippen LogP) is 1.44. The monoisotopic (exact) mass is 298 g/mol. The number of nitrogens with two attached hydrogens (primary N) is 1. The molecule has 0 aromatic heterocycles. The van der Waals surface area contributed by atoms with Crippen LogP contribution in [-0.2, 0) is 10.0 Å². The van der Waals surface area contributed by atoms with Crippen LogP contribution in [0.2, 0.25) is 0 Å². The molecule has 0 radical (unpaired) electrons. The summed E-state index contributed by atoms with van der Waals surface area (Å²) < 4.78 is 32.0. The highest BCUT2D eigenvalue weighted by atomic mass is 32.2. The van der Waals surface area contributed by atoms with Gasteiger partial charge in [-0.1, -0.05) is 6.92 Å². The highest BCUT2D eigenvalue weighted by Gasteiger charge is 2.38. The molecule has 0 amide bonds. The molecule has 2 rings (SSSR count). The molecule has 1 unspecified atom stereocenters. The summed E-state index contributed by atoms with van der Waals surface area (Å²) in [7, 11) is -3.43. The lowest BCUT2D eigenvalue weighted by Gasteiger charge is -2.22. The van der Waals surface area contributed by atoms with Crippen molar-refractivity contribution in [2.24, 2.45) is 11.1 Å². The Morgan fingerprint density at radius 1 is 1.35 bits per heavy atom. The Hall–Kier alpha value is -1.11. The van der Waals surface area contributed by atoms with Crippen molar-refractivity contribution in [1.82, 2.24) is 4.31 Å². The summed E-state index contributed by atoms with van der Waals surface area (Å²) in [6.45, 7) is 6.00. The van der Waals surface area contributed by atoms with Gasteiger partial charge in [0.1, 0.15) is 5.75 Å². The van der Waals surface area contributed by atoms with E-state index in [9.17, 15) is 8.42 Å². The molecule has 1 heterocycles. The SMILES string of the molecule is CCOc1ccc(S(=O)(=O)N2CCC(C)(CN)C2)cc1. The molecule has 0 saturated carbocycles. The zero-order valence-corrected chi connectivity index (χ0v) is 12.8. The lowest BCUT2D eigenvalue weighted by atomic mass is 9.90. The molecule has 20 heavy (non-hydrogen) atoms. The summed E-state index contributed by atoms with van der Waals surface area (Å²) in [5.41, 5.74) is 5.61.